The summed E-state index contributed by atoms with van der Waals surface area (Å²) in [5, 5.41) is 0. The van der Waals surface area contributed by atoms with E-state index in [1.807, 2.05) is 7.05 Å². The van der Waals surface area contributed by atoms with Crippen molar-refractivity contribution in [2.75, 3.05) is 12.5 Å². The summed E-state index contributed by atoms with van der Waals surface area (Å²) in [4.78, 5) is 0. The minimum atomic E-state index is 0.599. The molecule has 2 nitrogen and oxygen atoms in total. The summed E-state index contributed by atoms with van der Waals surface area (Å²) in [5.74, 6) is 0.599. The lowest BCUT2D eigenvalue weighted by atomic mass is 10.0. The van der Waals surface area contributed by atoms with E-state index in [2.05, 4.69) is 49.8 Å². The lowest BCUT2D eigenvalue weighted by Gasteiger charge is -2.11. The molecule has 13 heavy (non-hydrogen) atoms. The lowest BCUT2D eigenvalue weighted by Crippen LogP contribution is -2.15. The van der Waals surface area contributed by atoms with Gasteiger partial charge in [0.1, 0.15) is 0 Å². The van der Waals surface area contributed by atoms with Gasteiger partial charge < -0.3 is 5.43 Å². The van der Waals surface area contributed by atoms with Crippen LogP contribution in [-0.2, 0) is 0 Å². The van der Waals surface area contributed by atoms with Crippen LogP contribution in [0.3, 0.4) is 0 Å². The van der Waals surface area contributed by atoms with Crippen molar-refractivity contribution in [2.45, 2.75) is 26.7 Å². The van der Waals surface area contributed by atoms with Crippen LogP contribution in [0.15, 0.2) is 18.2 Å². The fraction of sp³-hybridized carbons (Fsp3) is 0.455. The highest BCUT2D eigenvalue weighted by Gasteiger charge is 2.01. The summed E-state index contributed by atoms with van der Waals surface area (Å²) in [5.41, 5.74) is 9.83. The maximum atomic E-state index is 3.09. The number of benzene rings is 1. The molecule has 0 aliphatic heterocycles. The van der Waals surface area contributed by atoms with Crippen molar-refractivity contribution < 1.29 is 0 Å². The van der Waals surface area contributed by atoms with E-state index in [0.717, 1.165) is 5.69 Å². The number of hydrazine groups is 1. The minimum Gasteiger partial charge on any atom is -0.321 e. The zero-order chi connectivity index (χ0) is 9.84. The van der Waals surface area contributed by atoms with E-state index in [-0.39, 0.29) is 0 Å². The largest absolute Gasteiger partial charge is 0.321 e. The number of hydrogen-bond donors (Lipinski definition) is 2. The Morgan fingerprint density at radius 3 is 2.38 bits per heavy atom. The molecule has 0 saturated carbocycles. The Hall–Kier alpha value is -1.02. The summed E-state index contributed by atoms with van der Waals surface area (Å²) in [6.45, 7) is 6.53. The van der Waals surface area contributed by atoms with Crippen molar-refractivity contribution in [3.05, 3.63) is 29.3 Å². The topological polar surface area (TPSA) is 24.1 Å². The van der Waals surface area contributed by atoms with Gasteiger partial charge in [-0.2, -0.15) is 0 Å². The van der Waals surface area contributed by atoms with Crippen molar-refractivity contribution in [3.63, 3.8) is 0 Å². The monoisotopic (exact) mass is 178 g/mol. The molecule has 0 heterocycles. The predicted molar refractivity (Wildman–Crippen MR) is 58.0 cm³/mol. The van der Waals surface area contributed by atoms with Gasteiger partial charge in [0.2, 0.25) is 0 Å². The molecule has 0 bridgehead atoms. The number of rotatable bonds is 3. The van der Waals surface area contributed by atoms with Crippen LogP contribution in [0.5, 0.6) is 0 Å². The third-order valence-electron chi connectivity index (χ3n) is 2.18. The Morgan fingerprint density at radius 1 is 1.23 bits per heavy atom. The second kappa shape index (κ2) is 4.28. The van der Waals surface area contributed by atoms with E-state index in [1.54, 1.807) is 0 Å². The molecule has 2 heteroatoms. The number of hydrogen-bond acceptors (Lipinski definition) is 2. The second-order valence-electron chi connectivity index (χ2n) is 3.60. The molecule has 0 saturated heterocycles. The van der Waals surface area contributed by atoms with E-state index in [9.17, 15) is 0 Å². The van der Waals surface area contributed by atoms with Crippen LogP contribution in [0, 0.1) is 6.92 Å². The van der Waals surface area contributed by atoms with Crippen molar-refractivity contribution in [1.29, 1.82) is 0 Å². The molecule has 0 amide bonds. The molecule has 1 aromatic carbocycles. The third kappa shape index (κ3) is 2.46. The van der Waals surface area contributed by atoms with Crippen molar-refractivity contribution in [1.82, 2.24) is 5.43 Å². The normalized spacial score (nSPS) is 10.5. The Morgan fingerprint density at radius 2 is 1.92 bits per heavy atom. The first kappa shape index (κ1) is 10.1. The van der Waals surface area contributed by atoms with Gasteiger partial charge in [-0.05, 0) is 30.0 Å². The molecule has 0 fully saturated rings. The van der Waals surface area contributed by atoms with Crippen molar-refractivity contribution in [2.24, 2.45) is 0 Å². The highest BCUT2D eigenvalue weighted by atomic mass is 15.3. The summed E-state index contributed by atoms with van der Waals surface area (Å²) < 4.78 is 0. The van der Waals surface area contributed by atoms with Gasteiger partial charge in [0, 0.05) is 7.05 Å². The summed E-state index contributed by atoms with van der Waals surface area (Å²) in [6.07, 6.45) is 0. The first-order valence-corrected chi connectivity index (χ1v) is 4.68. The van der Waals surface area contributed by atoms with Crippen LogP contribution >= 0.6 is 0 Å². The average molecular weight is 178 g/mol. The van der Waals surface area contributed by atoms with Gasteiger partial charge in [-0.15, -0.1) is 0 Å². The van der Waals surface area contributed by atoms with Gasteiger partial charge in [-0.25, -0.2) is 5.43 Å². The van der Waals surface area contributed by atoms with E-state index in [0.29, 0.717) is 5.92 Å². The van der Waals surface area contributed by atoms with Crippen molar-refractivity contribution >= 4 is 5.69 Å². The highest BCUT2D eigenvalue weighted by Crippen LogP contribution is 2.20. The molecule has 0 atom stereocenters. The fourth-order valence-electron chi connectivity index (χ4n) is 1.32. The number of nitrogens with one attached hydrogen (secondary N) is 2. The molecule has 1 aromatic rings. The van der Waals surface area contributed by atoms with Crippen LogP contribution in [0.4, 0.5) is 5.69 Å². The highest BCUT2D eigenvalue weighted by molar-refractivity contribution is 5.51. The van der Waals surface area contributed by atoms with E-state index >= 15 is 0 Å². The maximum Gasteiger partial charge on any atom is 0.0516 e. The Labute approximate surface area is 80.3 Å². The second-order valence-corrected chi connectivity index (χ2v) is 3.60. The third-order valence-corrected chi connectivity index (χ3v) is 2.18. The van der Waals surface area contributed by atoms with E-state index in [4.69, 9.17) is 0 Å². The van der Waals surface area contributed by atoms with Gasteiger partial charge in [0.15, 0.2) is 0 Å². The smallest absolute Gasteiger partial charge is 0.0516 e. The molecule has 0 aromatic heterocycles. The van der Waals surface area contributed by atoms with Crippen LogP contribution in [0.2, 0.25) is 0 Å². The molecule has 0 unspecified atom stereocenters. The molecule has 0 radical (unpaired) electrons. The zero-order valence-corrected chi connectivity index (χ0v) is 8.81. The summed E-state index contributed by atoms with van der Waals surface area (Å²) in [6, 6.07) is 6.50. The molecule has 0 spiro atoms. The first-order chi connectivity index (χ1) is 6.15. The van der Waals surface area contributed by atoms with Crippen LogP contribution in [-0.4, -0.2) is 7.05 Å². The quantitative estimate of drug-likeness (QED) is 0.695. The van der Waals surface area contributed by atoms with E-state index < -0.39 is 0 Å². The molecule has 2 N–H and O–H groups in total. The van der Waals surface area contributed by atoms with Crippen molar-refractivity contribution in [3.8, 4) is 0 Å². The Kier molecular flexibility index (Phi) is 3.32. The van der Waals surface area contributed by atoms with Gasteiger partial charge in [0.05, 0.1) is 5.69 Å². The average Bonchev–Trinajstić information content (AvgIpc) is 2.08. The summed E-state index contributed by atoms with van der Waals surface area (Å²) in [7, 11) is 1.87. The SMILES string of the molecule is CNNc1ccc(C(C)C)cc1C. The molecule has 0 aliphatic carbocycles. The van der Waals surface area contributed by atoms with Crippen LogP contribution in [0.1, 0.15) is 30.9 Å². The van der Waals surface area contributed by atoms with Crippen LogP contribution in [0.25, 0.3) is 0 Å². The van der Waals surface area contributed by atoms with Crippen LogP contribution < -0.4 is 10.9 Å². The number of aryl methyl sites for hydroxylation is 1. The van der Waals surface area contributed by atoms with Gasteiger partial charge in [-0.1, -0.05) is 26.0 Å². The van der Waals surface area contributed by atoms with Gasteiger partial charge in [-0.3, -0.25) is 0 Å². The lowest BCUT2D eigenvalue weighted by molar-refractivity contribution is 0.864. The standard InChI is InChI=1S/C11H18N2/c1-8(2)10-5-6-11(13-12-4)9(3)7-10/h5-8,12-13H,1-4H3. The molecule has 0 aliphatic rings. The number of anilines is 1. The molecular weight excluding hydrogens is 160 g/mol. The Balaban J connectivity index is 2.92. The molecule has 1 rings (SSSR count). The predicted octanol–water partition coefficient (Wildman–Crippen LogP) is 2.66. The summed E-state index contributed by atoms with van der Waals surface area (Å²) >= 11 is 0. The molecule has 72 valence electrons. The molecular formula is C11H18N2. The first-order valence-electron chi connectivity index (χ1n) is 4.68. The Bertz CT molecular complexity index is 279. The van der Waals surface area contributed by atoms with Gasteiger partial charge in [0.25, 0.3) is 0 Å². The maximum absolute atomic E-state index is 3.09. The minimum absolute atomic E-state index is 0.599. The zero-order valence-electron chi connectivity index (χ0n) is 8.81. The van der Waals surface area contributed by atoms with Gasteiger partial charge >= 0.3 is 0 Å². The van der Waals surface area contributed by atoms with E-state index in [1.165, 1.54) is 11.1 Å². The fourth-order valence-corrected chi connectivity index (χ4v) is 1.32.